The lowest BCUT2D eigenvalue weighted by Gasteiger charge is -2.40. The second-order valence-electron chi connectivity index (χ2n) is 5.93. The fourth-order valence-corrected chi connectivity index (χ4v) is 4.31. The molecule has 126 valence electrons. The number of sulfonamides is 1. The maximum atomic E-state index is 12.1. The van der Waals surface area contributed by atoms with Crippen LogP contribution in [0.2, 0.25) is 0 Å². The molecule has 21 heavy (non-hydrogen) atoms. The molecule has 0 amide bonds. The number of nitrogens with one attached hydrogen (secondary N) is 2. The van der Waals surface area contributed by atoms with Gasteiger partial charge in [-0.1, -0.05) is 20.8 Å². The molecule has 0 saturated carbocycles. The summed E-state index contributed by atoms with van der Waals surface area (Å²) in [7, 11) is -3.17. The highest BCUT2D eigenvalue weighted by atomic mass is 32.2. The van der Waals surface area contributed by atoms with Gasteiger partial charge in [-0.05, 0) is 51.6 Å². The SMILES string of the molecule is CCNCCCCS(=O)(=O)NC1CCOC(CC)(CC)C1. The van der Waals surface area contributed by atoms with Gasteiger partial charge in [-0.2, -0.15) is 0 Å². The van der Waals surface area contributed by atoms with Crippen LogP contribution in [-0.2, 0) is 14.8 Å². The van der Waals surface area contributed by atoms with Gasteiger partial charge in [0.05, 0.1) is 11.4 Å². The van der Waals surface area contributed by atoms with Crippen molar-refractivity contribution in [2.45, 2.75) is 70.9 Å². The fraction of sp³-hybridized carbons (Fsp3) is 1.00. The largest absolute Gasteiger partial charge is 0.375 e. The predicted octanol–water partition coefficient (Wildman–Crippen LogP) is 2.03. The van der Waals surface area contributed by atoms with Crippen LogP contribution in [0.25, 0.3) is 0 Å². The Bertz CT molecular complexity index is 380. The second-order valence-corrected chi connectivity index (χ2v) is 7.80. The van der Waals surface area contributed by atoms with Crippen LogP contribution < -0.4 is 10.0 Å². The molecule has 1 rings (SSSR count). The molecule has 0 spiro atoms. The van der Waals surface area contributed by atoms with Gasteiger partial charge in [0.1, 0.15) is 0 Å². The van der Waals surface area contributed by atoms with E-state index in [4.69, 9.17) is 4.74 Å². The molecule has 5 nitrogen and oxygen atoms in total. The van der Waals surface area contributed by atoms with Crippen LogP contribution in [0.3, 0.4) is 0 Å². The second kappa shape index (κ2) is 9.08. The Morgan fingerprint density at radius 2 is 1.90 bits per heavy atom. The lowest BCUT2D eigenvalue weighted by atomic mass is 9.86. The lowest BCUT2D eigenvalue weighted by molar-refractivity contribution is -0.0905. The van der Waals surface area contributed by atoms with E-state index in [2.05, 4.69) is 30.8 Å². The third kappa shape index (κ3) is 6.63. The highest BCUT2D eigenvalue weighted by Gasteiger charge is 2.35. The first-order chi connectivity index (χ1) is 9.97. The molecule has 1 saturated heterocycles. The van der Waals surface area contributed by atoms with E-state index in [0.717, 1.165) is 45.2 Å². The van der Waals surface area contributed by atoms with Gasteiger partial charge in [0.2, 0.25) is 10.0 Å². The number of ether oxygens (including phenoxy) is 1. The van der Waals surface area contributed by atoms with Crippen molar-refractivity contribution < 1.29 is 13.2 Å². The van der Waals surface area contributed by atoms with Crippen LogP contribution in [0.15, 0.2) is 0 Å². The summed E-state index contributed by atoms with van der Waals surface area (Å²) in [6, 6.07) is 0.0254. The normalized spacial score (nSPS) is 22.3. The topological polar surface area (TPSA) is 67.4 Å². The highest BCUT2D eigenvalue weighted by Crippen LogP contribution is 2.31. The molecule has 0 aromatic heterocycles. The maximum absolute atomic E-state index is 12.1. The fourth-order valence-electron chi connectivity index (χ4n) is 2.90. The van der Waals surface area contributed by atoms with Crippen molar-refractivity contribution in [2.24, 2.45) is 0 Å². The van der Waals surface area contributed by atoms with E-state index in [1.807, 2.05) is 0 Å². The van der Waals surface area contributed by atoms with Crippen LogP contribution in [0, 0.1) is 0 Å². The van der Waals surface area contributed by atoms with Crippen LogP contribution in [0.5, 0.6) is 0 Å². The summed E-state index contributed by atoms with van der Waals surface area (Å²) < 4.78 is 33.1. The van der Waals surface area contributed by atoms with E-state index < -0.39 is 10.0 Å². The molecule has 0 bridgehead atoms. The molecular weight excluding hydrogens is 288 g/mol. The third-order valence-electron chi connectivity index (χ3n) is 4.39. The van der Waals surface area contributed by atoms with Gasteiger partial charge < -0.3 is 10.1 Å². The minimum Gasteiger partial charge on any atom is -0.375 e. The molecule has 0 radical (unpaired) electrons. The highest BCUT2D eigenvalue weighted by molar-refractivity contribution is 7.89. The first-order valence-corrected chi connectivity index (χ1v) is 9.97. The van der Waals surface area contributed by atoms with Crippen molar-refractivity contribution in [3.8, 4) is 0 Å². The van der Waals surface area contributed by atoms with E-state index in [9.17, 15) is 8.42 Å². The van der Waals surface area contributed by atoms with Gasteiger partial charge in [-0.25, -0.2) is 13.1 Å². The van der Waals surface area contributed by atoms with E-state index in [1.54, 1.807) is 0 Å². The van der Waals surface area contributed by atoms with E-state index >= 15 is 0 Å². The molecule has 1 heterocycles. The van der Waals surface area contributed by atoms with Crippen LogP contribution >= 0.6 is 0 Å². The van der Waals surface area contributed by atoms with Crippen LogP contribution in [0.1, 0.15) is 59.3 Å². The number of hydrogen-bond donors (Lipinski definition) is 2. The molecule has 1 aliphatic heterocycles. The first kappa shape index (κ1) is 18.9. The summed E-state index contributed by atoms with van der Waals surface area (Å²) >= 11 is 0. The van der Waals surface area contributed by atoms with Gasteiger partial charge in [0, 0.05) is 12.6 Å². The average molecular weight is 320 g/mol. The van der Waals surface area contributed by atoms with Crippen molar-refractivity contribution in [3.05, 3.63) is 0 Å². The predicted molar refractivity (Wildman–Crippen MR) is 87.0 cm³/mol. The molecule has 0 aromatic carbocycles. The summed E-state index contributed by atoms with van der Waals surface area (Å²) in [4.78, 5) is 0. The Labute approximate surface area is 130 Å². The number of rotatable bonds is 10. The Hall–Kier alpha value is -0.170. The third-order valence-corrected chi connectivity index (χ3v) is 5.91. The Kier molecular flexibility index (Phi) is 8.16. The zero-order valence-corrected chi connectivity index (χ0v) is 14.6. The zero-order valence-electron chi connectivity index (χ0n) is 13.8. The zero-order chi connectivity index (χ0) is 15.8. The quantitative estimate of drug-likeness (QED) is 0.605. The first-order valence-electron chi connectivity index (χ1n) is 8.31. The molecule has 0 aliphatic carbocycles. The average Bonchev–Trinajstić information content (AvgIpc) is 2.46. The molecular formula is C15H32N2O3S. The van der Waals surface area contributed by atoms with Crippen molar-refractivity contribution in [1.29, 1.82) is 0 Å². The van der Waals surface area contributed by atoms with Gasteiger partial charge in [0.25, 0.3) is 0 Å². The van der Waals surface area contributed by atoms with Crippen molar-refractivity contribution >= 4 is 10.0 Å². The minimum atomic E-state index is -3.17. The van der Waals surface area contributed by atoms with Gasteiger partial charge in [0.15, 0.2) is 0 Å². The van der Waals surface area contributed by atoms with Crippen molar-refractivity contribution in [1.82, 2.24) is 10.0 Å². The summed E-state index contributed by atoms with van der Waals surface area (Å²) in [6.07, 6.45) is 5.04. The van der Waals surface area contributed by atoms with Crippen molar-refractivity contribution in [3.63, 3.8) is 0 Å². The van der Waals surface area contributed by atoms with E-state index in [0.29, 0.717) is 13.0 Å². The standard InChI is InChI=1S/C15H32N2O3S/c1-4-15(5-2)13-14(9-11-20-15)17-21(18,19)12-8-7-10-16-6-3/h14,16-17H,4-13H2,1-3H3. The molecule has 1 aliphatic rings. The molecule has 0 aromatic rings. The minimum absolute atomic E-state index is 0.0254. The number of unbranched alkanes of at least 4 members (excludes halogenated alkanes) is 1. The molecule has 2 N–H and O–H groups in total. The summed E-state index contributed by atoms with van der Waals surface area (Å²) in [6.45, 7) is 8.75. The molecule has 1 atom stereocenters. The maximum Gasteiger partial charge on any atom is 0.211 e. The molecule has 1 fully saturated rings. The van der Waals surface area contributed by atoms with E-state index in [1.165, 1.54) is 0 Å². The number of hydrogen-bond acceptors (Lipinski definition) is 4. The van der Waals surface area contributed by atoms with Gasteiger partial charge in [-0.3, -0.25) is 0 Å². The smallest absolute Gasteiger partial charge is 0.211 e. The summed E-state index contributed by atoms with van der Waals surface area (Å²) in [5.41, 5.74) is -0.142. The van der Waals surface area contributed by atoms with Crippen LogP contribution in [-0.4, -0.2) is 45.5 Å². The van der Waals surface area contributed by atoms with Crippen LogP contribution in [0.4, 0.5) is 0 Å². The van der Waals surface area contributed by atoms with Gasteiger partial charge in [-0.15, -0.1) is 0 Å². The summed E-state index contributed by atoms with van der Waals surface area (Å²) in [5, 5.41) is 3.21. The monoisotopic (exact) mass is 320 g/mol. The Balaban J connectivity index is 2.40. The molecule has 1 unspecified atom stereocenters. The Morgan fingerprint density at radius 3 is 2.52 bits per heavy atom. The van der Waals surface area contributed by atoms with E-state index in [-0.39, 0.29) is 17.4 Å². The lowest BCUT2D eigenvalue weighted by Crippen LogP contribution is -2.48. The summed E-state index contributed by atoms with van der Waals surface area (Å²) in [5.74, 6) is 0.223. The molecule has 6 heteroatoms. The Morgan fingerprint density at radius 1 is 1.19 bits per heavy atom. The van der Waals surface area contributed by atoms with Gasteiger partial charge >= 0.3 is 0 Å². The van der Waals surface area contributed by atoms with Crippen molar-refractivity contribution in [2.75, 3.05) is 25.4 Å².